The van der Waals surface area contributed by atoms with Crippen molar-refractivity contribution in [3.63, 3.8) is 0 Å². The highest BCUT2D eigenvalue weighted by molar-refractivity contribution is 7.98. The van der Waals surface area contributed by atoms with Gasteiger partial charge in [-0.2, -0.15) is 0 Å². The lowest BCUT2D eigenvalue weighted by Crippen LogP contribution is -2.31. The number of benzene rings is 2. The number of methoxy groups -OCH3 is 1. The standard InChI is InChI=1S/C22H19ClN2O3S2/c1-27-18-10-9-17(23)21-20(18)24-22(30-21)25(13-15-4-3-11-28-15)19(26)12-14-5-7-16(29-2)8-6-14/h3-11H,12-13H2,1-2H3. The van der Waals surface area contributed by atoms with Gasteiger partial charge in [-0.05, 0) is 48.2 Å². The Morgan fingerprint density at radius 3 is 2.70 bits per heavy atom. The van der Waals surface area contributed by atoms with Crippen LogP contribution in [0, 0.1) is 0 Å². The number of ether oxygens (including phenoxy) is 1. The summed E-state index contributed by atoms with van der Waals surface area (Å²) in [7, 11) is 1.59. The summed E-state index contributed by atoms with van der Waals surface area (Å²) in [6.45, 7) is 0.286. The van der Waals surface area contributed by atoms with Crippen LogP contribution in [0.2, 0.25) is 5.02 Å². The normalized spacial score (nSPS) is 11.0. The molecule has 0 radical (unpaired) electrons. The van der Waals surface area contributed by atoms with Gasteiger partial charge >= 0.3 is 0 Å². The highest BCUT2D eigenvalue weighted by atomic mass is 35.5. The van der Waals surface area contributed by atoms with Crippen molar-refractivity contribution >= 4 is 56.0 Å². The number of hydrogen-bond acceptors (Lipinski definition) is 6. The van der Waals surface area contributed by atoms with Crippen LogP contribution in [-0.4, -0.2) is 24.3 Å². The fraction of sp³-hybridized carbons (Fsp3) is 0.182. The van der Waals surface area contributed by atoms with Gasteiger partial charge in [-0.15, -0.1) is 11.8 Å². The Labute approximate surface area is 187 Å². The molecule has 4 rings (SSSR count). The molecule has 0 bridgehead atoms. The molecular weight excluding hydrogens is 440 g/mol. The van der Waals surface area contributed by atoms with Crippen molar-refractivity contribution in [2.45, 2.75) is 17.9 Å². The Hall–Kier alpha value is -2.48. The molecule has 0 aliphatic carbocycles. The van der Waals surface area contributed by atoms with Crippen LogP contribution in [0.4, 0.5) is 5.13 Å². The number of thioether (sulfide) groups is 1. The van der Waals surface area contributed by atoms with E-state index >= 15 is 0 Å². The number of carbonyl (C=O) groups excluding carboxylic acids is 1. The van der Waals surface area contributed by atoms with Crippen LogP contribution in [0.1, 0.15) is 11.3 Å². The first kappa shape index (κ1) is 20.8. The molecule has 0 aliphatic rings. The van der Waals surface area contributed by atoms with Crippen molar-refractivity contribution in [1.29, 1.82) is 0 Å². The summed E-state index contributed by atoms with van der Waals surface area (Å²) in [5.74, 6) is 1.23. The summed E-state index contributed by atoms with van der Waals surface area (Å²) >= 11 is 9.41. The van der Waals surface area contributed by atoms with Crippen LogP contribution in [0.25, 0.3) is 10.2 Å². The van der Waals surface area contributed by atoms with Gasteiger partial charge in [0.2, 0.25) is 5.91 Å². The van der Waals surface area contributed by atoms with E-state index < -0.39 is 0 Å². The first-order valence-corrected chi connectivity index (χ1v) is 11.6. The lowest BCUT2D eigenvalue weighted by Gasteiger charge is -2.19. The monoisotopic (exact) mass is 458 g/mol. The first-order valence-electron chi connectivity index (χ1n) is 9.17. The fourth-order valence-corrected chi connectivity index (χ4v) is 4.74. The summed E-state index contributed by atoms with van der Waals surface area (Å²) in [5.41, 5.74) is 1.59. The van der Waals surface area contributed by atoms with Gasteiger partial charge in [0, 0.05) is 4.90 Å². The number of furan rings is 1. The molecule has 0 aliphatic heterocycles. The van der Waals surface area contributed by atoms with E-state index in [2.05, 4.69) is 4.98 Å². The average molecular weight is 459 g/mol. The maximum absolute atomic E-state index is 13.3. The number of thiazole rings is 1. The highest BCUT2D eigenvalue weighted by Crippen LogP contribution is 2.39. The number of aromatic nitrogens is 1. The predicted octanol–water partition coefficient (Wildman–Crippen LogP) is 6.05. The number of nitrogens with zero attached hydrogens (tertiary/aromatic N) is 2. The number of fused-ring (bicyclic) bond motifs is 1. The Morgan fingerprint density at radius 1 is 1.23 bits per heavy atom. The predicted molar refractivity (Wildman–Crippen MR) is 123 cm³/mol. The quantitative estimate of drug-likeness (QED) is 0.315. The van der Waals surface area contributed by atoms with Gasteiger partial charge in [0.15, 0.2) is 5.13 Å². The second-order valence-corrected chi connectivity index (χ2v) is 8.77. The molecular formula is C22H19ClN2O3S2. The van der Waals surface area contributed by atoms with Crippen molar-refractivity contribution in [1.82, 2.24) is 4.98 Å². The van der Waals surface area contributed by atoms with Crippen LogP contribution in [-0.2, 0) is 17.8 Å². The van der Waals surface area contributed by atoms with E-state index in [9.17, 15) is 4.79 Å². The largest absolute Gasteiger partial charge is 0.494 e. The first-order chi connectivity index (χ1) is 14.6. The van der Waals surface area contributed by atoms with Crippen LogP contribution < -0.4 is 9.64 Å². The molecule has 0 saturated carbocycles. The van der Waals surface area contributed by atoms with Crippen molar-refractivity contribution in [2.75, 3.05) is 18.3 Å². The number of hydrogen-bond donors (Lipinski definition) is 0. The number of amides is 1. The fourth-order valence-electron chi connectivity index (χ4n) is 3.06. The lowest BCUT2D eigenvalue weighted by molar-refractivity contribution is -0.118. The zero-order valence-corrected chi connectivity index (χ0v) is 18.8. The van der Waals surface area contributed by atoms with E-state index in [0.29, 0.717) is 27.2 Å². The molecule has 0 N–H and O–H groups in total. The SMILES string of the molecule is COc1ccc(Cl)c2sc(N(Cc3ccco3)C(=O)Cc3ccc(SC)cc3)nc12. The van der Waals surface area contributed by atoms with Crippen molar-refractivity contribution < 1.29 is 13.9 Å². The topological polar surface area (TPSA) is 55.6 Å². The summed E-state index contributed by atoms with van der Waals surface area (Å²) in [6, 6.07) is 15.2. The Kier molecular flexibility index (Phi) is 6.32. The minimum absolute atomic E-state index is 0.0718. The average Bonchev–Trinajstić information content (AvgIpc) is 3.43. The molecule has 2 heterocycles. The maximum Gasteiger partial charge on any atom is 0.233 e. The van der Waals surface area contributed by atoms with Gasteiger partial charge in [-0.25, -0.2) is 4.98 Å². The summed E-state index contributed by atoms with van der Waals surface area (Å²) in [6.07, 6.45) is 3.88. The van der Waals surface area contributed by atoms with Gasteiger partial charge in [0.05, 0.1) is 36.1 Å². The van der Waals surface area contributed by atoms with E-state index in [-0.39, 0.29) is 18.9 Å². The van der Waals surface area contributed by atoms with E-state index in [1.807, 2.05) is 36.6 Å². The molecule has 0 atom stereocenters. The molecule has 4 aromatic rings. The molecule has 0 fully saturated rings. The third-order valence-corrected chi connectivity index (χ3v) is 6.89. The molecule has 8 heteroatoms. The van der Waals surface area contributed by atoms with Crippen LogP contribution in [0.3, 0.4) is 0 Å². The van der Waals surface area contributed by atoms with Gasteiger partial charge in [-0.1, -0.05) is 35.1 Å². The highest BCUT2D eigenvalue weighted by Gasteiger charge is 2.23. The lowest BCUT2D eigenvalue weighted by atomic mass is 10.1. The molecule has 5 nitrogen and oxygen atoms in total. The van der Waals surface area contributed by atoms with Crippen molar-refractivity contribution in [2.24, 2.45) is 0 Å². The van der Waals surface area contributed by atoms with Crippen LogP contribution in [0.5, 0.6) is 5.75 Å². The van der Waals surface area contributed by atoms with Gasteiger partial charge in [-0.3, -0.25) is 9.69 Å². The summed E-state index contributed by atoms with van der Waals surface area (Å²) in [4.78, 5) is 20.8. The molecule has 0 unspecified atom stereocenters. The molecule has 154 valence electrons. The number of halogens is 1. The van der Waals surface area contributed by atoms with E-state index in [0.717, 1.165) is 15.2 Å². The maximum atomic E-state index is 13.3. The molecule has 0 spiro atoms. The van der Waals surface area contributed by atoms with Crippen LogP contribution >= 0.6 is 34.7 Å². The van der Waals surface area contributed by atoms with E-state index in [1.165, 1.54) is 11.3 Å². The molecule has 0 saturated heterocycles. The second-order valence-electron chi connectivity index (χ2n) is 6.51. The van der Waals surface area contributed by atoms with Crippen molar-refractivity contribution in [3.8, 4) is 5.75 Å². The van der Waals surface area contributed by atoms with Gasteiger partial charge in [0.25, 0.3) is 0 Å². The summed E-state index contributed by atoms with van der Waals surface area (Å²) < 4.78 is 11.7. The third kappa shape index (κ3) is 4.33. The molecule has 2 aromatic carbocycles. The molecule has 1 amide bonds. The van der Waals surface area contributed by atoms with E-state index in [1.54, 1.807) is 48.2 Å². The smallest absolute Gasteiger partial charge is 0.233 e. The third-order valence-electron chi connectivity index (χ3n) is 4.61. The summed E-state index contributed by atoms with van der Waals surface area (Å²) in [5, 5.41) is 1.13. The van der Waals surface area contributed by atoms with Crippen molar-refractivity contribution in [3.05, 3.63) is 71.1 Å². The number of anilines is 1. The number of carbonyl (C=O) groups is 1. The Balaban J connectivity index is 1.69. The zero-order valence-electron chi connectivity index (χ0n) is 16.4. The van der Waals surface area contributed by atoms with Gasteiger partial charge < -0.3 is 9.15 Å². The van der Waals surface area contributed by atoms with Crippen LogP contribution in [0.15, 0.2) is 64.1 Å². The molecule has 2 aromatic heterocycles. The minimum atomic E-state index is -0.0718. The molecule has 30 heavy (non-hydrogen) atoms. The zero-order chi connectivity index (χ0) is 21.1. The van der Waals surface area contributed by atoms with E-state index in [4.69, 9.17) is 20.8 Å². The Bertz CT molecular complexity index is 1160. The minimum Gasteiger partial charge on any atom is -0.494 e. The number of rotatable bonds is 7. The van der Waals surface area contributed by atoms with Gasteiger partial charge in [0.1, 0.15) is 17.0 Å². The Morgan fingerprint density at radius 2 is 2.03 bits per heavy atom. The second kappa shape index (κ2) is 9.12.